The van der Waals surface area contributed by atoms with Gasteiger partial charge in [-0.15, -0.1) is 0 Å². The summed E-state index contributed by atoms with van der Waals surface area (Å²) in [4.78, 5) is 136. The number of nitrogens with two attached hydrogens (primary N) is 1. The van der Waals surface area contributed by atoms with E-state index in [0.29, 0.717) is 101 Å². The van der Waals surface area contributed by atoms with E-state index in [4.69, 9.17) is 25.3 Å². The van der Waals surface area contributed by atoms with Crippen molar-refractivity contribution in [3.8, 4) is 11.1 Å². The zero-order valence-corrected chi connectivity index (χ0v) is 60.5. The first kappa shape index (κ1) is 74.0. The molecule has 104 heavy (non-hydrogen) atoms. The predicted octanol–water partition coefficient (Wildman–Crippen LogP) is 7.93. The summed E-state index contributed by atoms with van der Waals surface area (Å²) in [5, 5.41) is 29.9. The number of anilines is 3. The number of carboxylic acid groups (broad SMARTS) is 1. The highest BCUT2D eigenvalue weighted by atomic mass is 32.2. The minimum atomic E-state index is -4.51. The maximum atomic E-state index is 14.0. The Morgan fingerprint density at radius 1 is 0.827 bits per heavy atom. The zero-order chi connectivity index (χ0) is 74.1. The van der Waals surface area contributed by atoms with Crippen molar-refractivity contribution in [1.82, 2.24) is 50.5 Å². The fraction of sp³-hybridized carbons (Fsp3) is 0.493. The molecule has 5 unspecified atom stereocenters. The molecule has 0 radical (unpaired) electrons. The molecular formula is C73H88N14O15S2. The number of carbonyl (C=O) groups excluding carboxylic acids is 8. The van der Waals surface area contributed by atoms with Crippen molar-refractivity contribution >= 4 is 102 Å². The van der Waals surface area contributed by atoms with Crippen LogP contribution >= 0.6 is 11.3 Å². The lowest BCUT2D eigenvalue weighted by Gasteiger charge is -2.64. The number of nitrogens with zero attached hydrogens (tertiary/aromatic N) is 8. The number of primary amides is 1. The van der Waals surface area contributed by atoms with Gasteiger partial charge in [-0.1, -0.05) is 69.7 Å². The number of rotatable bonds is 32. The average Bonchev–Trinajstić information content (AvgIpc) is 1.46. The fourth-order valence-corrected chi connectivity index (χ4v) is 19.0. The van der Waals surface area contributed by atoms with Crippen LogP contribution in [0.5, 0.6) is 0 Å². The Balaban J connectivity index is 0.663. The number of carboxylic acids is 1. The number of nitrogens with one attached hydrogen (secondary N) is 5. The Labute approximate surface area is 605 Å². The molecule has 2 aromatic carbocycles. The van der Waals surface area contributed by atoms with Crippen LogP contribution in [-0.4, -0.2) is 169 Å². The molecule has 4 aliphatic carbocycles. The molecule has 4 aromatic heterocycles. The number of ether oxygens (including phenoxy) is 2. The summed E-state index contributed by atoms with van der Waals surface area (Å²) in [6, 6.07) is 16.3. The largest absolute Gasteiger partial charge is 0.476 e. The molecule has 2 aliphatic heterocycles. The topological polar surface area (TPSA) is 399 Å². The molecule has 31 heteroatoms. The van der Waals surface area contributed by atoms with E-state index in [2.05, 4.69) is 50.4 Å². The van der Waals surface area contributed by atoms with Gasteiger partial charge in [0, 0.05) is 98.7 Å². The third kappa shape index (κ3) is 15.7. The van der Waals surface area contributed by atoms with E-state index in [0.717, 1.165) is 53.8 Å². The van der Waals surface area contributed by atoms with Gasteiger partial charge < -0.3 is 51.4 Å². The first-order valence-electron chi connectivity index (χ1n) is 35.2. The predicted molar refractivity (Wildman–Crippen MR) is 384 cm³/mol. The first-order chi connectivity index (χ1) is 49.5. The lowest BCUT2D eigenvalue weighted by atomic mass is 9.40. The lowest BCUT2D eigenvalue weighted by molar-refractivity contribution is -0.158. The van der Waals surface area contributed by atoms with Crippen LogP contribution in [0.15, 0.2) is 91.3 Å². The summed E-state index contributed by atoms with van der Waals surface area (Å²) < 4.78 is 48.9. The van der Waals surface area contributed by atoms with Gasteiger partial charge in [-0.05, 0) is 164 Å². The minimum Gasteiger partial charge on any atom is -0.476 e. The normalized spacial score (nSPS) is 22.6. The van der Waals surface area contributed by atoms with Crippen molar-refractivity contribution in [3.05, 3.63) is 125 Å². The molecule has 7 atom stereocenters. The van der Waals surface area contributed by atoms with E-state index < -0.39 is 75.9 Å². The number of aromatic carboxylic acids is 1. The molecule has 0 saturated heterocycles. The molecule has 1 spiro atoms. The Morgan fingerprint density at radius 3 is 2.33 bits per heavy atom. The van der Waals surface area contributed by atoms with Crippen molar-refractivity contribution in [2.24, 2.45) is 33.3 Å². The number of unbranched alkanes of at least 4 members (excludes halogenated alkanes) is 2. The molecule has 4 fully saturated rings. The van der Waals surface area contributed by atoms with Gasteiger partial charge in [0.2, 0.25) is 17.7 Å². The number of benzene rings is 2. The van der Waals surface area contributed by atoms with Crippen molar-refractivity contribution < 1.29 is 70.7 Å². The Hall–Kier alpha value is -9.72. The number of hydrogen-bond acceptors (Lipinski definition) is 19. The monoisotopic (exact) mass is 1460 g/mol. The molecule has 12 rings (SSSR count). The quantitative estimate of drug-likeness (QED) is 0.0113. The van der Waals surface area contributed by atoms with Gasteiger partial charge in [0.1, 0.15) is 34.9 Å². The molecule has 6 aliphatic rings. The van der Waals surface area contributed by atoms with E-state index in [-0.39, 0.29) is 103 Å². The van der Waals surface area contributed by atoms with E-state index in [1.54, 1.807) is 68.7 Å². The van der Waals surface area contributed by atoms with E-state index in [9.17, 15) is 61.2 Å². The summed E-state index contributed by atoms with van der Waals surface area (Å²) in [5.74, 6) is -4.55. The maximum absolute atomic E-state index is 14.0. The van der Waals surface area contributed by atoms with Crippen molar-refractivity contribution in [2.75, 3.05) is 60.6 Å². The number of fused-ring (bicyclic) bond motifs is 4. The van der Waals surface area contributed by atoms with E-state index >= 15 is 0 Å². The van der Waals surface area contributed by atoms with Crippen LogP contribution in [-0.2, 0) is 69.7 Å². The van der Waals surface area contributed by atoms with Crippen molar-refractivity contribution in [2.45, 2.75) is 155 Å². The number of amides is 9. The summed E-state index contributed by atoms with van der Waals surface area (Å²) >= 11 is 1.29. The van der Waals surface area contributed by atoms with Crippen LogP contribution in [0, 0.1) is 34.5 Å². The van der Waals surface area contributed by atoms with Gasteiger partial charge in [0.25, 0.3) is 27.8 Å². The fourth-order valence-electron chi connectivity index (χ4n) is 17.7. The van der Waals surface area contributed by atoms with Crippen LogP contribution < -0.4 is 37.2 Å². The van der Waals surface area contributed by atoms with Crippen molar-refractivity contribution in [3.63, 3.8) is 0 Å². The number of aromatic nitrogens is 5. The van der Waals surface area contributed by atoms with Crippen LogP contribution in [0.1, 0.15) is 148 Å². The van der Waals surface area contributed by atoms with E-state index in [1.165, 1.54) is 28.4 Å². The Morgan fingerprint density at radius 2 is 1.60 bits per heavy atom. The highest BCUT2D eigenvalue weighted by Crippen LogP contribution is 2.89. The van der Waals surface area contributed by atoms with Crippen LogP contribution in [0.2, 0.25) is 0 Å². The molecule has 4 saturated carbocycles. The molecule has 552 valence electrons. The Bertz CT molecular complexity index is 4480. The molecular weight excluding hydrogens is 1380 g/mol. The second-order valence-corrected chi connectivity index (χ2v) is 32.2. The number of carbonyl (C=O) groups is 9. The van der Waals surface area contributed by atoms with Gasteiger partial charge in [-0.2, -0.15) is 13.5 Å². The summed E-state index contributed by atoms with van der Waals surface area (Å²) in [6.07, 6.45) is 12.6. The number of pyridine rings is 2. The third-order valence-electron chi connectivity index (χ3n) is 22.0. The van der Waals surface area contributed by atoms with Crippen LogP contribution in [0.25, 0.3) is 21.5 Å². The summed E-state index contributed by atoms with van der Waals surface area (Å²) in [5.41, 5.74) is 9.89. The van der Waals surface area contributed by atoms with E-state index in [1.807, 2.05) is 40.8 Å². The van der Waals surface area contributed by atoms with Crippen LogP contribution in [0.3, 0.4) is 0 Å². The SMILES string of the molecule is Cc1c(-c2ccc(N3CCc4cccc(C(=O)Nc5nc6cccnc6s5)c4C3)nc2C(=O)O)cnn1CC12CC3(OCCN(CCS(=O)(=O)O)C(=O)OCc4ccc(NC(=O)[C@H](CCCNC(N)=O)NC(=O)[C@@H](NC(=O)CCCCCN5C(=O)C=CC5=O)C(C)C)cc4)CC4(C)CC(C)(C1)C4(C2)C3. The van der Waals surface area contributed by atoms with Crippen LogP contribution in [0.4, 0.5) is 26.2 Å². The van der Waals surface area contributed by atoms with Gasteiger partial charge >= 0.3 is 18.1 Å². The third-order valence-corrected chi connectivity index (χ3v) is 23.6. The Kier molecular flexibility index (Phi) is 21.2. The molecule has 9 N–H and O–H groups in total. The van der Waals surface area contributed by atoms with Gasteiger partial charge in [-0.3, -0.25) is 48.2 Å². The highest BCUT2D eigenvalue weighted by Gasteiger charge is 2.84. The zero-order valence-electron chi connectivity index (χ0n) is 58.8. The second kappa shape index (κ2) is 29.8. The minimum absolute atomic E-state index is 0.0168. The molecule has 29 nitrogen and oxygen atoms in total. The van der Waals surface area contributed by atoms with Gasteiger partial charge in [0.15, 0.2) is 10.8 Å². The lowest BCUT2D eigenvalue weighted by Crippen LogP contribution is -2.57. The molecule has 3 bridgehead atoms. The molecule has 6 heterocycles. The van der Waals surface area contributed by atoms with Gasteiger partial charge in [0.05, 0.1) is 24.2 Å². The number of hydrogen-bond donors (Lipinski definition) is 8. The molecule has 6 aromatic rings. The standard InChI is InChI=1S/C73H88N14O15S2/c1-44(2)59(82-56(88)16-7-6-8-28-86-57(89)23-24-58(86)90)63(93)79-53(14-10-27-76-66(74)96)62(92)78-48-19-17-46(18-20-48)36-101-68(97)84(31-33-104(98,99)100)30-32-102-72-39-70(5)37-69(4)38-71(40-72,41-73(69,70)42-72)43-87-45(3)51(34-77-87)49-21-22-55(81-60(49)65(94)95)85-29-25-47-12-9-13-50(52(47)35-85)61(91)83-67-80-54-15-11-26-75-64(54)103-67/h9,11-13,15,17-24,26,34,44,53,59H,6-8,10,14,16,25,27-33,35-43H2,1-5H3,(H,78,92)(H,79,93)(H,82,88)(H,94,95)(H3,74,76,96)(H,80,83,91)(H,98,99,100)/t53-,59-,69?,70?,71?,72?,73?/m0/s1. The second-order valence-electron chi connectivity index (χ2n) is 29.7. The summed E-state index contributed by atoms with van der Waals surface area (Å²) in [7, 11) is -4.51. The number of urea groups is 1. The highest BCUT2D eigenvalue weighted by molar-refractivity contribution is 7.85. The summed E-state index contributed by atoms with van der Waals surface area (Å²) in [6.45, 7) is 11.2. The molecule has 9 amide bonds. The maximum Gasteiger partial charge on any atom is 0.410 e. The smallest absolute Gasteiger partial charge is 0.410 e. The average molecular weight is 1470 g/mol. The number of imide groups is 1. The first-order valence-corrected chi connectivity index (χ1v) is 37.6. The van der Waals surface area contributed by atoms with Crippen molar-refractivity contribution in [1.29, 1.82) is 0 Å². The number of thiazole rings is 1. The van der Waals surface area contributed by atoms with Gasteiger partial charge in [-0.25, -0.2) is 29.3 Å².